The van der Waals surface area contributed by atoms with Crippen molar-refractivity contribution in [3.8, 4) is 11.1 Å². The summed E-state index contributed by atoms with van der Waals surface area (Å²) >= 11 is 0. The first-order valence-electron chi connectivity index (χ1n) is 8.99. The lowest BCUT2D eigenvalue weighted by Crippen LogP contribution is -2.30. The quantitative estimate of drug-likeness (QED) is 0.723. The van der Waals surface area contributed by atoms with Crippen molar-refractivity contribution in [3.63, 3.8) is 0 Å². The lowest BCUT2D eigenvalue weighted by molar-refractivity contribution is -0.120. The zero-order valence-electron chi connectivity index (χ0n) is 15.2. The Hall–Kier alpha value is -3.09. The van der Waals surface area contributed by atoms with Gasteiger partial charge in [-0.2, -0.15) is 5.10 Å². The van der Waals surface area contributed by atoms with Crippen LogP contribution in [0.4, 0.5) is 18.9 Å². The van der Waals surface area contributed by atoms with E-state index in [1.807, 2.05) is 0 Å². The summed E-state index contributed by atoms with van der Waals surface area (Å²) in [4.78, 5) is 12.7. The van der Waals surface area contributed by atoms with E-state index in [1.54, 1.807) is 23.9 Å². The second-order valence-electron chi connectivity index (χ2n) is 7.00. The molecular formula is C21H18F3N3O. The monoisotopic (exact) mass is 385 g/mol. The Balaban J connectivity index is 1.56. The number of amides is 1. The molecule has 1 N–H and O–H groups in total. The predicted octanol–water partition coefficient (Wildman–Crippen LogP) is 4.48. The van der Waals surface area contributed by atoms with Gasteiger partial charge >= 0.3 is 0 Å². The van der Waals surface area contributed by atoms with E-state index in [0.29, 0.717) is 36.2 Å². The van der Waals surface area contributed by atoms with Crippen LogP contribution in [0.2, 0.25) is 0 Å². The van der Waals surface area contributed by atoms with Crippen molar-refractivity contribution in [2.45, 2.75) is 26.3 Å². The summed E-state index contributed by atoms with van der Waals surface area (Å²) in [5, 5.41) is 7.10. The SMILES string of the molecule is Cc1cc(NC(=O)C2CCn3ncc(-c4ccc(F)cc4F)c3C2)ccc1F. The number of hydrogen-bond donors (Lipinski definition) is 1. The summed E-state index contributed by atoms with van der Waals surface area (Å²) in [5.74, 6) is -2.13. The van der Waals surface area contributed by atoms with E-state index in [9.17, 15) is 18.0 Å². The van der Waals surface area contributed by atoms with Crippen molar-refractivity contribution in [2.24, 2.45) is 5.92 Å². The van der Waals surface area contributed by atoms with Gasteiger partial charge in [0.25, 0.3) is 0 Å². The van der Waals surface area contributed by atoms with Gasteiger partial charge in [-0.05, 0) is 49.2 Å². The molecule has 0 fully saturated rings. The molecule has 4 nitrogen and oxygen atoms in total. The van der Waals surface area contributed by atoms with E-state index in [1.165, 1.54) is 24.3 Å². The van der Waals surface area contributed by atoms with Gasteiger partial charge < -0.3 is 5.32 Å². The minimum absolute atomic E-state index is 0.177. The number of nitrogens with zero attached hydrogens (tertiary/aromatic N) is 2. The van der Waals surface area contributed by atoms with Crippen molar-refractivity contribution in [2.75, 3.05) is 5.32 Å². The van der Waals surface area contributed by atoms with Crippen LogP contribution in [-0.2, 0) is 17.8 Å². The minimum Gasteiger partial charge on any atom is -0.326 e. The topological polar surface area (TPSA) is 46.9 Å². The number of rotatable bonds is 3. The molecular weight excluding hydrogens is 367 g/mol. The molecule has 1 aliphatic heterocycles. The molecule has 0 saturated carbocycles. The molecule has 1 atom stereocenters. The fourth-order valence-corrected chi connectivity index (χ4v) is 3.56. The smallest absolute Gasteiger partial charge is 0.227 e. The molecule has 0 aliphatic carbocycles. The lowest BCUT2D eigenvalue weighted by Gasteiger charge is -2.24. The Morgan fingerprint density at radius 2 is 1.93 bits per heavy atom. The molecule has 1 unspecified atom stereocenters. The highest BCUT2D eigenvalue weighted by molar-refractivity contribution is 5.93. The molecule has 0 spiro atoms. The molecule has 1 aliphatic rings. The van der Waals surface area contributed by atoms with Crippen LogP contribution >= 0.6 is 0 Å². The van der Waals surface area contributed by atoms with Gasteiger partial charge in [0, 0.05) is 47.5 Å². The molecule has 144 valence electrons. The Bertz CT molecular complexity index is 1060. The van der Waals surface area contributed by atoms with Crippen LogP contribution < -0.4 is 5.32 Å². The van der Waals surface area contributed by atoms with Gasteiger partial charge in [0.05, 0.1) is 6.20 Å². The van der Waals surface area contributed by atoms with Crippen LogP contribution in [0.5, 0.6) is 0 Å². The lowest BCUT2D eigenvalue weighted by atomic mass is 9.91. The summed E-state index contributed by atoms with van der Waals surface area (Å²) < 4.78 is 42.6. The van der Waals surface area contributed by atoms with Crippen LogP contribution in [0.25, 0.3) is 11.1 Å². The molecule has 4 rings (SSSR count). The first-order chi connectivity index (χ1) is 13.4. The number of halogens is 3. The zero-order valence-corrected chi connectivity index (χ0v) is 15.2. The van der Waals surface area contributed by atoms with Crippen LogP contribution in [0.1, 0.15) is 17.7 Å². The largest absolute Gasteiger partial charge is 0.326 e. The summed E-state index contributed by atoms with van der Waals surface area (Å²) in [6.45, 7) is 2.16. The third-order valence-corrected chi connectivity index (χ3v) is 5.10. The van der Waals surface area contributed by atoms with Crippen molar-refractivity contribution < 1.29 is 18.0 Å². The van der Waals surface area contributed by atoms with Crippen LogP contribution in [-0.4, -0.2) is 15.7 Å². The minimum atomic E-state index is -0.663. The first-order valence-corrected chi connectivity index (χ1v) is 8.99. The maximum absolute atomic E-state index is 14.2. The van der Waals surface area contributed by atoms with E-state index in [4.69, 9.17) is 0 Å². The number of aromatic nitrogens is 2. The molecule has 7 heteroatoms. The van der Waals surface area contributed by atoms with Crippen molar-refractivity contribution in [3.05, 3.63) is 71.3 Å². The maximum atomic E-state index is 14.2. The molecule has 0 bridgehead atoms. The van der Waals surface area contributed by atoms with Crippen molar-refractivity contribution >= 4 is 11.6 Å². The molecule has 2 aromatic carbocycles. The van der Waals surface area contributed by atoms with Crippen molar-refractivity contribution in [1.82, 2.24) is 9.78 Å². The number of benzene rings is 2. The first kappa shape index (κ1) is 18.3. The van der Waals surface area contributed by atoms with E-state index >= 15 is 0 Å². The number of carbonyl (C=O) groups is 1. The average Bonchev–Trinajstić information content (AvgIpc) is 3.08. The molecule has 0 radical (unpaired) electrons. The normalized spacial score (nSPS) is 15.9. The van der Waals surface area contributed by atoms with Crippen LogP contribution in [0, 0.1) is 30.3 Å². The second-order valence-corrected chi connectivity index (χ2v) is 7.00. The van der Waals surface area contributed by atoms with Crippen molar-refractivity contribution in [1.29, 1.82) is 0 Å². The number of carbonyl (C=O) groups excluding carboxylic acids is 1. The molecule has 3 aromatic rings. The Morgan fingerprint density at radius 3 is 2.68 bits per heavy atom. The highest BCUT2D eigenvalue weighted by Gasteiger charge is 2.28. The second kappa shape index (κ2) is 7.14. The maximum Gasteiger partial charge on any atom is 0.227 e. The van der Waals surface area contributed by atoms with Gasteiger partial charge in [-0.1, -0.05) is 0 Å². The Morgan fingerprint density at radius 1 is 1.11 bits per heavy atom. The summed E-state index contributed by atoms with van der Waals surface area (Å²) in [5.41, 5.74) is 2.55. The van der Waals surface area contributed by atoms with E-state index in [2.05, 4.69) is 10.4 Å². The van der Waals surface area contributed by atoms with E-state index < -0.39 is 11.6 Å². The van der Waals surface area contributed by atoms with Gasteiger partial charge in [0.1, 0.15) is 17.5 Å². The third kappa shape index (κ3) is 3.40. The predicted molar refractivity (Wildman–Crippen MR) is 99.2 cm³/mol. The summed E-state index contributed by atoms with van der Waals surface area (Å²) in [6, 6.07) is 7.84. The molecule has 2 heterocycles. The molecule has 28 heavy (non-hydrogen) atoms. The highest BCUT2D eigenvalue weighted by Crippen LogP contribution is 2.32. The third-order valence-electron chi connectivity index (χ3n) is 5.10. The molecule has 1 aromatic heterocycles. The number of nitrogens with one attached hydrogen (secondary N) is 1. The van der Waals surface area contributed by atoms with E-state index in [-0.39, 0.29) is 23.2 Å². The Labute approximate surface area is 160 Å². The van der Waals surface area contributed by atoms with E-state index in [0.717, 1.165) is 11.8 Å². The highest BCUT2D eigenvalue weighted by atomic mass is 19.1. The van der Waals surface area contributed by atoms with Crippen LogP contribution in [0.3, 0.4) is 0 Å². The number of hydrogen-bond acceptors (Lipinski definition) is 2. The number of anilines is 1. The van der Waals surface area contributed by atoms with Crippen LogP contribution in [0.15, 0.2) is 42.6 Å². The Kier molecular flexibility index (Phi) is 4.66. The van der Waals surface area contributed by atoms with Gasteiger partial charge in [0.15, 0.2) is 0 Å². The van der Waals surface area contributed by atoms with Gasteiger partial charge in [-0.3, -0.25) is 9.48 Å². The van der Waals surface area contributed by atoms with Gasteiger partial charge in [-0.15, -0.1) is 0 Å². The average molecular weight is 385 g/mol. The fraction of sp³-hybridized carbons (Fsp3) is 0.238. The standard InChI is InChI=1S/C21H18F3N3O/c1-12-8-15(3-5-18(12)23)26-21(28)13-6-7-27-20(9-13)17(11-25-27)16-4-2-14(22)10-19(16)24/h2-5,8,10-11,13H,6-7,9H2,1H3,(H,26,28). The molecule has 1 amide bonds. The summed E-state index contributed by atoms with van der Waals surface area (Å²) in [7, 11) is 0. The van der Waals surface area contributed by atoms with Gasteiger partial charge in [-0.25, -0.2) is 13.2 Å². The number of aryl methyl sites for hydroxylation is 2. The summed E-state index contributed by atoms with van der Waals surface area (Å²) in [6.07, 6.45) is 2.53. The number of fused-ring (bicyclic) bond motifs is 1. The van der Waals surface area contributed by atoms with Gasteiger partial charge in [0.2, 0.25) is 5.91 Å². The fourth-order valence-electron chi connectivity index (χ4n) is 3.56. The molecule has 0 saturated heterocycles. The zero-order chi connectivity index (χ0) is 19.8.